The maximum Gasteiger partial charge on any atom is 0.239 e. The summed E-state index contributed by atoms with van der Waals surface area (Å²) in [6.07, 6.45) is 0.119. The van der Waals surface area contributed by atoms with Gasteiger partial charge in [-0.3, -0.25) is 9.59 Å². The van der Waals surface area contributed by atoms with E-state index in [9.17, 15) is 14.0 Å². The molecule has 1 fully saturated rings. The molecule has 1 N–H and O–H groups in total. The molecule has 1 saturated heterocycles. The van der Waals surface area contributed by atoms with E-state index < -0.39 is 17.9 Å². The van der Waals surface area contributed by atoms with Crippen LogP contribution in [0.5, 0.6) is 0 Å². The van der Waals surface area contributed by atoms with Gasteiger partial charge in [0, 0.05) is 13.5 Å². The molecule has 1 amide bonds. The van der Waals surface area contributed by atoms with E-state index >= 15 is 0 Å². The maximum atomic E-state index is 13.1. The van der Waals surface area contributed by atoms with E-state index in [1.165, 1.54) is 17.0 Å². The average Bonchev–Trinajstić information content (AvgIpc) is 2.60. The van der Waals surface area contributed by atoms with Gasteiger partial charge in [-0.1, -0.05) is 42.5 Å². The third-order valence-electron chi connectivity index (χ3n) is 4.41. The molecule has 0 aromatic heterocycles. The molecule has 122 valence electrons. The summed E-state index contributed by atoms with van der Waals surface area (Å²) < 4.78 is 13.1. The summed E-state index contributed by atoms with van der Waals surface area (Å²) in [5, 5.41) is 8.26. The molecular weight excluding hydrogens is 307 g/mol. The van der Waals surface area contributed by atoms with Crippen LogP contribution in [0.3, 0.4) is 0 Å². The van der Waals surface area contributed by atoms with Crippen LogP contribution in [0.4, 0.5) is 4.39 Å². The Morgan fingerprint density at radius 3 is 2.33 bits per heavy atom. The molecule has 0 bridgehead atoms. The highest BCUT2D eigenvalue weighted by Crippen LogP contribution is 2.32. The van der Waals surface area contributed by atoms with Crippen molar-refractivity contribution in [2.45, 2.75) is 12.5 Å². The van der Waals surface area contributed by atoms with Crippen LogP contribution >= 0.6 is 0 Å². The van der Waals surface area contributed by atoms with Crippen LogP contribution in [0, 0.1) is 17.1 Å². The van der Waals surface area contributed by atoms with Crippen LogP contribution in [0.15, 0.2) is 54.6 Å². The highest BCUT2D eigenvalue weighted by atomic mass is 19.1. The predicted molar refractivity (Wildman–Crippen MR) is 88.3 cm³/mol. The Hall–Kier alpha value is -2.82. The topological polar surface area (TPSA) is 61.2 Å². The molecule has 4 nitrogen and oxygen atoms in total. The molecule has 3 rings (SSSR count). The molecule has 2 atom stereocenters. The molecule has 2 aromatic rings. The first-order chi connectivity index (χ1) is 11.5. The minimum atomic E-state index is -1.07. The van der Waals surface area contributed by atoms with Crippen molar-refractivity contribution in [3.8, 4) is 0 Å². The second-order valence-corrected chi connectivity index (χ2v) is 5.90. The van der Waals surface area contributed by atoms with Crippen molar-refractivity contribution in [3.05, 3.63) is 71.5 Å². The Bertz CT molecular complexity index is 787. The van der Waals surface area contributed by atoms with Gasteiger partial charge in [-0.25, -0.2) is 4.39 Å². The van der Waals surface area contributed by atoms with Crippen LogP contribution in [0.25, 0.3) is 0 Å². The van der Waals surface area contributed by atoms with Crippen molar-refractivity contribution in [1.29, 1.82) is 5.41 Å². The largest absolute Gasteiger partial charge is 0.337 e. The van der Waals surface area contributed by atoms with Gasteiger partial charge in [-0.15, -0.1) is 0 Å². The quantitative estimate of drug-likeness (QED) is 0.697. The molecular formula is C19H17FN2O2. The normalized spacial score (nSPS) is 21.0. The number of amides is 1. The minimum Gasteiger partial charge on any atom is -0.337 e. The molecule has 1 aliphatic rings. The minimum absolute atomic E-state index is 0.0232. The molecule has 0 spiro atoms. The van der Waals surface area contributed by atoms with E-state index in [1.807, 2.05) is 6.07 Å². The van der Waals surface area contributed by atoms with Gasteiger partial charge in [0.15, 0.2) is 5.78 Å². The van der Waals surface area contributed by atoms with E-state index in [0.29, 0.717) is 11.1 Å². The average molecular weight is 324 g/mol. The number of Topliss-reactive ketones (excluding diaryl/α,β-unsaturated/α-hetero) is 1. The van der Waals surface area contributed by atoms with E-state index in [2.05, 4.69) is 0 Å². The lowest BCUT2D eigenvalue weighted by molar-refractivity contribution is -0.144. The van der Waals surface area contributed by atoms with Crippen molar-refractivity contribution in [2.24, 2.45) is 5.92 Å². The zero-order valence-corrected chi connectivity index (χ0v) is 13.2. The number of carbonyl (C=O) groups is 2. The molecule has 0 saturated carbocycles. The summed E-state index contributed by atoms with van der Waals surface area (Å²) in [6.45, 7) is 0. The predicted octanol–water partition coefficient (Wildman–Crippen LogP) is 2.98. The third kappa shape index (κ3) is 2.85. The number of hydrogen-bond acceptors (Lipinski definition) is 3. The van der Waals surface area contributed by atoms with Gasteiger partial charge in [-0.2, -0.15) is 0 Å². The molecule has 1 heterocycles. The Morgan fingerprint density at radius 2 is 1.71 bits per heavy atom. The number of piperidine rings is 1. The fourth-order valence-corrected chi connectivity index (χ4v) is 3.04. The first-order valence-electron chi connectivity index (χ1n) is 7.67. The zero-order valence-electron chi connectivity index (χ0n) is 13.2. The zero-order chi connectivity index (χ0) is 17.3. The molecule has 2 aromatic carbocycles. The van der Waals surface area contributed by atoms with Crippen LogP contribution in [0.2, 0.25) is 0 Å². The SMILES string of the molecule is CN1C(=O)C(C(=N)c2ccccc2)C(=O)CC1c1ccc(F)cc1. The van der Waals surface area contributed by atoms with E-state index in [0.717, 1.165) is 0 Å². The van der Waals surface area contributed by atoms with Gasteiger partial charge in [0.1, 0.15) is 11.7 Å². The monoisotopic (exact) mass is 324 g/mol. The fourth-order valence-electron chi connectivity index (χ4n) is 3.04. The highest BCUT2D eigenvalue weighted by Gasteiger charge is 2.42. The molecule has 1 aliphatic heterocycles. The van der Waals surface area contributed by atoms with E-state index in [4.69, 9.17) is 5.41 Å². The summed E-state index contributed by atoms with van der Waals surface area (Å²) in [5.41, 5.74) is 1.30. The first-order valence-corrected chi connectivity index (χ1v) is 7.67. The molecule has 24 heavy (non-hydrogen) atoms. The number of carbonyl (C=O) groups excluding carboxylic acids is 2. The third-order valence-corrected chi connectivity index (χ3v) is 4.41. The molecule has 0 radical (unpaired) electrons. The number of benzene rings is 2. The number of nitrogens with one attached hydrogen (secondary N) is 1. The van der Waals surface area contributed by atoms with Crippen molar-refractivity contribution in [3.63, 3.8) is 0 Å². The lowest BCUT2D eigenvalue weighted by Crippen LogP contribution is -2.48. The smallest absolute Gasteiger partial charge is 0.239 e. The number of hydrogen-bond donors (Lipinski definition) is 1. The lowest BCUT2D eigenvalue weighted by Gasteiger charge is -2.36. The van der Waals surface area contributed by atoms with Gasteiger partial charge in [0.05, 0.1) is 11.8 Å². The second-order valence-electron chi connectivity index (χ2n) is 5.90. The number of nitrogens with zero attached hydrogens (tertiary/aromatic N) is 1. The van der Waals surface area contributed by atoms with Crippen molar-refractivity contribution in [2.75, 3.05) is 7.05 Å². The molecule has 0 aliphatic carbocycles. The number of likely N-dealkylation sites (tertiary alicyclic amines) is 1. The second kappa shape index (κ2) is 6.35. The van der Waals surface area contributed by atoms with Crippen LogP contribution in [-0.2, 0) is 9.59 Å². The van der Waals surface area contributed by atoms with Gasteiger partial charge >= 0.3 is 0 Å². The van der Waals surface area contributed by atoms with Crippen molar-refractivity contribution in [1.82, 2.24) is 4.90 Å². The van der Waals surface area contributed by atoms with E-state index in [-0.39, 0.29) is 23.7 Å². The Morgan fingerprint density at radius 1 is 1.08 bits per heavy atom. The first kappa shape index (κ1) is 16.1. The highest BCUT2D eigenvalue weighted by molar-refractivity contribution is 6.25. The standard InChI is InChI=1S/C19H17FN2O2/c1-22-15(12-7-9-14(20)10-8-12)11-16(23)17(19(22)24)18(21)13-5-3-2-4-6-13/h2-10,15,17,21H,11H2,1H3. The van der Waals surface area contributed by atoms with Gasteiger partial charge in [-0.05, 0) is 23.3 Å². The Labute approximate surface area is 139 Å². The summed E-state index contributed by atoms with van der Waals surface area (Å²) >= 11 is 0. The van der Waals surface area contributed by atoms with Crippen molar-refractivity contribution >= 4 is 17.4 Å². The number of ketones is 1. The van der Waals surface area contributed by atoms with Crippen molar-refractivity contribution < 1.29 is 14.0 Å². The lowest BCUT2D eigenvalue weighted by atomic mass is 9.83. The molecule has 2 unspecified atom stereocenters. The van der Waals surface area contributed by atoms with Gasteiger partial charge < -0.3 is 10.3 Å². The summed E-state index contributed by atoms with van der Waals surface area (Å²) in [4.78, 5) is 26.7. The van der Waals surface area contributed by atoms with Gasteiger partial charge in [0.25, 0.3) is 0 Å². The van der Waals surface area contributed by atoms with E-state index in [1.54, 1.807) is 43.4 Å². The number of halogens is 1. The van der Waals surface area contributed by atoms with Crippen LogP contribution < -0.4 is 0 Å². The maximum absolute atomic E-state index is 13.1. The summed E-state index contributed by atoms with van der Waals surface area (Å²) in [6, 6.07) is 14.2. The van der Waals surface area contributed by atoms with Crippen LogP contribution in [-0.4, -0.2) is 29.3 Å². The Kier molecular flexibility index (Phi) is 4.25. The Balaban J connectivity index is 1.87. The number of rotatable bonds is 3. The van der Waals surface area contributed by atoms with Gasteiger partial charge in [0.2, 0.25) is 5.91 Å². The fraction of sp³-hybridized carbons (Fsp3) is 0.211. The van der Waals surface area contributed by atoms with Crippen LogP contribution in [0.1, 0.15) is 23.6 Å². The molecule has 5 heteroatoms. The summed E-state index contributed by atoms with van der Waals surface area (Å²) in [7, 11) is 1.62. The summed E-state index contributed by atoms with van der Waals surface area (Å²) in [5.74, 6) is -2.11.